The largest absolute Gasteiger partial charge is 0.462 e. The molecule has 390 valence electrons. The first-order valence-corrected chi connectivity index (χ1v) is 28.8. The number of carbonyl (C=O) groups is 2. The second-order valence-corrected chi connectivity index (χ2v) is 18.8. The molecule has 0 fully saturated rings. The molecule has 68 heavy (non-hydrogen) atoms. The summed E-state index contributed by atoms with van der Waals surface area (Å²) in [6, 6.07) is 0. The Morgan fingerprint density at radius 1 is 0.338 bits per heavy atom. The number of rotatable bonds is 52. The molecular weight excluding hydrogens is 837 g/mol. The van der Waals surface area contributed by atoms with Crippen LogP contribution in [-0.2, 0) is 23.8 Å². The molecule has 0 radical (unpaired) electrons. The average molecular weight is 946 g/mol. The van der Waals surface area contributed by atoms with Gasteiger partial charge >= 0.3 is 11.9 Å². The Bertz CT molecular complexity index is 1300. The van der Waals surface area contributed by atoms with Crippen LogP contribution in [0.5, 0.6) is 0 Å². The first-order chi connectivity index (χ1) is 33.6. The quantitative estimate of drug-likeness (QED) is 0.0345. The zero-order valence-corrected chi connectivity index (χ0v) is 44.8. The summed E-state index contributed by atoms with van der Waals surface area (Å²) >= 11 is 0. The van der Waals surface area contributed by atoms with E-state index in [1.807, 2.05) is 0 Å². The molecule has 5 nitrogen and oxygen atoms in total. The van der Waals surface area contributed by atoms with E-state index < -0.39 is 6.10 Å². The standard InChI is InChI=1S/C63H108O5/c1-4-7-10-13-16-19-22-25-28-30-32-33-36-38-41-44-47-50-53-56-62(64)67-60-61(68-63(65)57-54-51-48-45-42-39-35-27-24-21-18-15-12-9-6-3)59-66-58-55-52-49-46-43-40-37-34-31-29-26-23-20-17-14-11-8-5-2/h8-9,11-12,17-18,20-21,25-29,35,42,45,61H,4-7,10,13-16,19,22-24,30-34,36-41,43-44,46-60H2,1-3H3/b11-8-,12-9-,20-17-,21-18-,28-25-,29-26-,35-27-,45-42-. The molecule has 0 saturated heterocycles. The van der Waals surface area contributed by atoms with E-state index in [1.165, 1.54) is 141 Å². The van der Waals surface area contributed by atoms with Gasteiger partial charge in [-0.3, -0.25) is 9.59 Å². The first kappa shape index (κ1) is 64.8. The smallest absolute Gasteiger partial charge is 0.306 e. The molecule has 5 heteroatoms. The summed E-state index contributed by atoms with van der Waals surface area (Å²) in [6.45, 7) is 7.55. The monoisotopic (exact) mass is 945 g/mol. The second-order valence-electron chi connectivity index (χ2n) is 18.8. The van der Waals surface area contributed by atoms with Gasteiger partial charge in [0.2, 0.25) is 0 Å². The van der Waals surface area contributed by atoms with E-state index in [2.05, 4.69) is 118 Å². The van der Waals surface area contributed by atoms with Crippen molar-refractivity contribution in [2.75, 3.05) is 19.8 Å². The van der Waals surface area contributed by atoms with E-state index in [9.17, 15) is 9.59 Å². The highest BCUT2D eigenvalue weighted by molar-refractivity contribution is 5.70. The highest BCUT2D eigenvalue weighted by atomic mass is 16.6. The van der Waals surface area contributed by atoms with Gasteiger partial charge in [0.1, 0.15) is 6.61 Å². The Balaban J connectivity index is 4.33. The van der Waals surface area contributed by atoms with E-state index in [4.69, 9.17) is 14.2 Å². The number of hydrogen-bond acceptors (Lipinski definition) is 5. The van der Waals surface area contributed by atoms with Crippen molar-refractivity contribution in [3.8, 4) is 0 Å². The van der Waals surface area contributed by atoms with E-state index in [0.717, 1.165) is 89.9 Å². The Morgan fingerprint density at radius 3 is 1.10 bits per heavy atom. The third-order valence-corrected chi connectivity index (χ3v) is 12.1. The lowest BCUT2D eigenvalue weighted by Crippen LogP contribution is -2.30. The van der Waals surface area contributed by atoms with Crippen LogP contribution >= 0.6 is 0 Å². The zero-order chi connectivity index (χ0) is 49.2. The number of esters is 2. The zero-order valence-electron chi connectivity index (χ0n) is 44.8. The molecule has 0 aliphatic carbocycles. The molecule has 0 aromatic heterocycles. The molecule has 0 saturated carbocycles. The molecule has 0 amide bonds. The lowest BCUT2D eigenvalue weighted by Gasteiger charge is -2.18. The third-order valence-electron chi connectivity index (χ3n) is 12.1. The molecule has 0 aromatic carbocycles. The highest BCUT2D eigenvalue weighted by Gasteiger charge is 2.17. The first-order valence-electron chi connectivity index (χ1n) is 28.8. The van der Waals surface area contributed by atoms with Gasteiger partial charge in [0.15, 0.2) is 6.10 Å². The van der Waals surface area contributed by atoms with Gasteiger partial charge in [-0.15, -0.1) is 0 Å². The maximum Gasteiger partial charge on any atom is 0.306 e. The summed E-state index contributed by atoms with van der Waals surface area (Å²) in [4.78, 5) is 25.5. The normalized spacial score (nSPS) is 12.9. The predicted octanol–water partition coefficient (Wildman–Crippen LogP) is 19.8. The van der Waals surface area contributed by atoms with Crippen molar-refractivity contribution >= 4 is 11.9 Å². The Hall–Kier alpha value is -3.18. The van der Waals surface area contributed by atoms with Crippen LogP contribution in [0.3, 0.4) is 0 Å². The van der Waals surface area contributed by atoms with Crippen LogP contribution in [0.2, 0.25) is 0 Å². The van der Waals surface area contributed by atoms with Crippen LogP contribution in [0.25, 0.3) is 0 Å². The molecule has 0 spiro atoms. The molecule has 0 aliphatic rings. The van der Waals surface area contributed by atoms with Crippen molar-refractivity contribution < 1.29 is 23.8 Å². The molecule has 0 aromatic rings. The van der Waals surface area contributed by atoms with Gasteiger partial charge in [0.05, 0.1) is 6.61 Å². The van der Waals surface area contributed by atoms with Gasteiger partial charge in [-0.2, -0.15) is 0 Å². The Morgan fingerprint density at radius 2 is 0.662 bits per heavy atom. The number of carbonyl (C=O) groups excluding carboxylic acids is 2. The summed E-state index contributed by atoms with van der Waals surface area (Å²) in [5.41, 5.74) is 0. The van der Waals surface area contributed by atoms with Crippen molar-refractivity contribution in [2.24, 2.45) is 0 Å². The Kier molecular flexibility index (Phi) is 55.4. The number of ether oxygens (including phenoxy) is 3. The minimum Gasteiger partial charge on any atom is -0.462 e. The average Bonchev–Trinajstić information content (AvgIpc) is 3.34. The van der Waals surface area contributed by atoms with Gasteiger partial charge < -0.3 is 14.2 Å². The van der Waals surface area contributed by atoms with Crippen LogP contribution in [0.1, 0.15) is 265 Å². The fraction of sp³-hybridized carbons (Fsp3) is 0.714. The summed E-state index contributed by atoms with van der Waals surface area (Å²) in [7, 11) is 0. The predicted molar refractivity (Wildman–Crippen MR) is 297 cm³/mol. The van der Waals surface area contributed by atoms with Gasteiger partial charge in [-0.05, 0) is 116 Å². The molecule has 0 N–H and O–H groups in total. The fourth-order valence-corrected chi connectivity index (χ4v) is 7.86. The molecule has 1 unspecified atom stereocenters. The fourth-order valence-electron chi connectivity index (χ4n) is 7.86. The van der Waals surface area contributed by atoms with Crippen molar-refractivity contribution in [3.63, 3.8) is 0 Å². The van der Waals surface area contributed by atoms with E-state index >= 15 is 0 Å². The lowest BCUT2D eigenvalue weighted by atomic mass is 10.1. The van der Waals surface area contributed by atoms with Crippen molar-refractivity contribution in [1.29, 1.82) is 0 Å². The van der Waals surface area contributed by atoms with Crippen LogP contribution < -0.4 is 0 Å². The molecule has 0 rings (SSSR count). The SMILES string of the molecule is CC/C=C\C/C=C\C/C=C\C/C=C\CCCCC(=O)OC(COCCCCCCCCCC/C=C\C/C=C\C/C=C\CC)COC(=O)CCCCCCCCCCC/C=C\CCCCCCCC. The molecule has 0 bridgehead atoms. The lowest BCUT2D eigenvalue weighted by molar-refractivity contribution is -0.163. The van der Waals surface area contributed by atoms with Gasteiger partial charge in [0.25, 0.3) is 0 Å². The van der Waals surface area contributed by atoms with Gasteiger partial charge in [0, 0.05) is 19.4 Å². The maximum atomic E-state index is 12.8. The van der Waals surface area contributed by atoms with Crippen LogP contribution in [-0.4, -0.2) is 37.9 Å². The highest BCUT2D eigenvalue weighted by Crippen LogP contribution is 2.15. The van der Waals surface area contributed by atoms with Crippen molar-refractivity contribution in [2.45, 2.75) is 271 Å². The number of hydrogen-bond donors (Lipinski definition) is 0. The minimum atomic E-state index is -0.568. The molecule has 0 aliphatic heterocycles. The Labute approximate surface area is 422 Å². The summed E-state index contributed by atoms with van der Waals surface area (Å²) < 4.78 is 17.4. The minimum absolute atomic E-state index is 0.0607. The summed E-state index contributed by atoms with van der Waals surface area (Å²) in [6.07, 6.45) is 78.6. The number of allylic oxidation sites excluding steroid dienone is 16. The second kappa shape index (κ2) is 58.1. The van der Waals surface area contributed by atoms with Crippen LogP contribution in [0.4, 0.5) is 0 Å². The van der Waals surface area contributed by atoms with Crippen LogP contribution in [0.15, 0.2) is 97.2 Å². The van der Waals surface area contributed by atoms with Gasteiger partial charge in [-0.25, -0.2) is 0 Å². The molecular formula is C63H108O5. The van der Waals surface area contributed by atoms with Crippen molar-refractivity contribution in [1.82, 2.24) is 0 Å². The van der Waals surface area contributed by atoms with Crippen LogP contribution in [0, 0.1) is 0 Å². The maximum absolute atomic E-state index is 12.8. The molecule has 1 atom stereocenters. The van der Waals surface area contributed by atoms with Crippen molar-refractivity contribution in [3.05, 3.63) is 97.2 Å². The summed E-state index contributed by atoms with van der Waals surface area (Å²) in [5, 5.41) is 0. The van der Waals surface area contributed by atoms with E-state index in [0.29, 0.717) is 19.4 Å². The topological polar surface area (TPSA) is 61.8 Å². The van der Waals surface area contributed by atoms with E-state index in [-0.39, 0.29) is 25.2 Å². The molecule has 0 heterocycles. The number of unbranched alkanes of at least 4 members (excludes halogenated alkanes) is 25. The van der Waals surface area contributed by atoms with Gasteiger partial charge in [-0.1, -0.05) is 234 Å². The summed E-state index contributed by atoms with van der Waals surface area (Å²) in [5.74, 6) is -0.449. The third kappa shape index (κ3) is 55.4. The van der Waals surface area contributed by atoms with E-state index in [1.54, 1.807) is 0 Å².